The second-order valence-corrected chi connectivity index (χ2v) is 8.24. The van der Waals surface area contributed by atoms with Crippen LogP contribution in [-0.4, -0.2) is 18.3 Å². The van der Waals surface area contributed by atoms with E-state index in [-0.39, 0.29) is 21.4 Å². The van der Waals surface area contributed by atoms with E-state index in [1.54, 1.807) is 6.20 Å². The molecular formula is C9H11N5O4S3. The topological polar surface area (TPSA) is 140 Å². The van der Waals surface area contributed by atoms with Gasteiger partial charge in [0.15, 0.2) is 5.00 Å². The molecule has 0 fully saturated rings. The number of anilines is 1. The Labute approximate surface area is 128 Å². The molecule has 0 aliphatic heterocycles. The van der Waals surface area contributed by atoms with Crippen LogP contribution in [0.25, 0.3) is 0 Å². The van der Waals surface area contributed by atoms with Crippen LogP contribution in [0.4, 0.5) is 10.7 Å². The number of rotatable bonds is 6. The van der Waals surface area contributed by atoms with Gasteiger partial charge in [0.25, 0.3) is 10.0 Å². The third-order valence-electron chi connectivity index (χ3n) is 2.37. The molecule has 12 heteroatoms. The highest BCUT2D eigenvalue weighted by molar-refractivity contribution is 7.91. The highest BCUT2D eigenvalue weighted by Gasteiger charge is 2.25. The van der Waals surface area contributed by atoms with Gasteiger partial charge in [-0.1, -0.05) is 11.3 Å². The first kappa shape index (κ1) is 15.8. The van der Waals surface area contributed by atoms with Gasteiger partial charge < -0.3 is 5.43 Å². The predicted molar refractivity (Wildman–Crippen MR) is 79.7 cm³/mol. The SMILES string of the molecule is Cc1cnc(CNS(=O)(=O)c2cc([N+](=O)[O-])c(NN)s2)s1. The summed E-state index contributed by atoms with van der Waals surface area (Å²) >= 11 is 2.06. The zero-order valence-corrected chi connectivity index (χ0v) is 13.1. The van der Waals surface area contributed by atoms with Gasteiger partial charge in [0.05, 0.1) is 11.5 Å². The number of nitrogens with two attached hydrogens (primary N) is 1. The minimum absolute atomic E-state index is 0.0227. The first-order valence-corrected chi connectivity index (χ1v) is 8.61. The van der Waals surface area contributed by atoms with Crippen LogP contribution < -0.4 is 16.0 Å². The minimum atomic E-state index is -3.86. The van der Waals surface area contributed by atoms with Gasteiger partial charge in [-0.05, 0) is 6.92 Å². The first-order chi connectivity index (χ1) is 9.83. The van der Waals surface area contributed by atoms with Gasteiger partial charge in [0.2, 0.25) is 0 Å². The number of nitro groups is 1. The van der Waals surface area contributed by atoms with Crippen LogP contribution in [0.1, 0.15) is 9.88 Å². The summed E-state index contributed by atoms with van der Waals surface area (Å²) in [5, 5.41) is 11.4. The van der Waals surface area contributed by atoms with Crippen molar-refractivity contribution >= 4 is 43.4 Å². The van der Waals surface area contributed by atoms with Crippen molar-refractivity contribution in [2.24, 2.45) is 5.84 Å². The van der Waals surface area contributed by atoms with Crippen LogP contribution in [-0.2, 0) is 16.6 Å². The van der Waals surface area contributed by atoms with Crippen molar-refractivity contribution in [3.8, 4) is 0 Å². The number of aryl methyl sites for hydroxylation is 1. The highest BCUT2D eigenvalue weighted by Crippen LogP contribution is 2.36. The van der Waals surface area contributed by atoms with E-state index in [1.807, 2.05) is 6.92 Å². The van der Waals surface area contributed by atoms with Crippen molar-refractivity contribution in [2.45, 2.75) is 17.7 Å². The third-order valence-corrected chi connectivity index (χ3v) is 6.21. The summed E-state index contributed by atoms with van der Waals surface area (Å²) in [6.45, 7) is 1.88. The fourth-order valence-electron chi connectivity index (χ4n) is 1.44. The zero-order chi connectivity index (χ0) is 15.6. The molecule has 2 heterocycles. The molecule has 0 amide bonds. The summed E-state index contributed by atoms with van der Waals surface area (Å²) in [6, 6.07) is 0.968. The number of nitrogen functional groups attached to an aromatic ring is 1. The Morgan fingerprint density at radius 2 is 2.19 bits per heavy atom. The molecule has 0 aliphatic carbocycles. The summed E-state index contributed by atoms with van der Waals surface area (Å²) in [6.07, 6.45) is 1.64. The first-order valence-electron chi connectivity index (χ1n) is 5.49. The second kappa shape index (κ2) is 6.03. The molecule has 0 aromatic carbocycles. The number of thiazole rings is 1. The summed E-state index contributed by atoms with van der Waals surface area (Å²) in [5.74, 6) is 5.15. The van der Waals surface area contributed by atoms with Gasteiger partial charge >= 0.3 is 5.69 Å². The van der Waals surface area contributed by atoms with Crippen molar-refractivity contribution in [2.75, 3.05) is 5.43 Å². The Hall–Kier alpha value is -1.60. The normalized spacial score (nSPS) is 11.5. The van der Waals surface area contributed by atoms with Crippen LogP contribution in [0.5, 0.6) is 0 Å². The number of sulfonamides is 1. The fourth-order valence-corrected chi connectivity index (χ4v) is 4.53. The average Bonchev–Trinajstić information content (AvgIpc) is 3.02. The molecule has 0 radical (unpaired) electrons. The van der Waals surface area contributed by atoms with Gasteiger partial charge in [0.1, 0.15) is 9.22 Å². The molecule has 2 aromatic heterocycles. The molecule has 0 atom stereocenters. The summed E-state index contributed by atoms with van der Waals surface area (Å²) in [5.41, 5.74) is 1.74. The number of aromatic nitrogens is 1. The van der Waals surface area contributed by atoms with Crippen molar-refractivity contribution in [3.63, 3.8) is 0 Å². The third kappa shape index (κ3) is 3.54. The lowest BCUT2D eigenvalue weighted by molar-refractivity contribution is -0.383. The maximum Gasteiger partial charge on any atom is 0.306 e. The molecule has 0 bridgehead atoms. The van der Waals surface area contributed by atoms with Crippen molar-refractivity contribution in [1.82, 2.24) is 9.71 Å². The maximum atomic E-state index is 12.1. The lowest BCUT2D eigenvalue weighted by atomic mass is 10.5. The summed E-state index contributed by atoms with van der Waals surface area (Å²) in [4.78, 5) is 15.1. The van der Waals surface area contributed by atoms with Crippen molar-refractivity contribution < 1.29 is 13.3 Å². The largest absolute Gasteiger partial charge is 0.310 e. The fraction of sp³-hybridized carbons (Fsp3) is 0.222. The van der Waals surface area contributed by atoms with Crippen molar-refractivity contribution in [3.05, 3.63) is 32.3 Å². The van der Waals surface area contributed by atoms with Crippen LogP contribution in [0.2, 0.25) is 0 Å². The van der Waals surface area contributed by atoms with Crippen LogP contribution in [0.15, 0.2) is 16.5 Å². The quantitative estimate of drug-likeness (QED) is 0.404. The van der Waals surface area contributed by atoms with Gasteiger partial charge in [0, 0.05) is 17.1 Å². The van der Waals surface area contributed by atoms with Crippen LogP contribution in [0, 0.1) is 17.0 Å². The Bertz CT molecular complexity index is 766. The monoisotopic (exact) mass is 349 g/mol. The molecular weight excluding hydrogens is 338 g/mol. The average molecular weight is 349 g/mol. The summed E-state index contributed by atoms with van der Waals surface area (Å²) in [7, 11) is -3.86. The molecule has 21 heavy (non-hydrogen) atoms. The molecule has 0 saturated heterocycles. The van der Waals surface area contributed by atoms with Crippen molar-refractivity contribution in [1.29, 1.82) is 0 Å². The summed E-state index contributed by atoms with van der Waals surface area (Å²) < 4.78 is 26.4. The van der Waals surface area contributed by atoms with Gasteiger partial charge in [-0.2, -0.15) is 0 Å². The lowest BCUT2D eigenvalue weighted by Gasteiger charge is -2.01. The van der Waals surface area contributed by atoms with E-state index in [1.165, 1.54) is 11.3 Å². The minimum Gasteiger partial charge on any atom is -0.310 e. The molecule has 2 rings (SSSR count). The Morgan fingerprint density at radius 1 is 1.48 bits per heavy atom. The predicted octanol–water partition coefficient (Wildman–Crippen LogP) is 1.19. The molecule has 0 aliphatic rings. The van der Waals surface area contributed by atoms with E-state index < -0.39 is 14.9 Å². The smallest absolute Gasteiger partial charge is 0.306 e. The van der Waals surface area contributed by atoms with E-state index in [2.05, 4.69) is 15.1 Å². The Morgan fingerprint density at radius 3 is 2.67 bits per heavy atom. The zero-order valence-electron chi connectivity index (χ0n) is 10.7. The molecule has 2 aromatic rings. The lowest BCUT2D eigenvalue weighted by Crippen LogP contribution is -2.22. The van der Waals surface area contributed by atoms with E-state index in [4.69, 9.17) is 5.84 Å². The van der Waals surface area contributed by atoms with E-state index in [0.717, 1.165) is 10.9 Å². The van der Waals surface area contributed by atoms with Gasteiger partial charge in [-0.3, -0.25) is 10.1 Å². The molecule has 4 N–H and O–H groups in total. The number of hydrogen-bond acceptors (Lipinski definition) is 9. The van der Waals surface area contributed by atoms with Gasteiger partial charge in [-0.25, -0.2) is 24.0 Å². The Balaban J connectivity index is 2.21. The number of hydrogen-bond donors (Lipinski definition) is 3. The maximum absolute atomic E-state index is 12.1. The molecule has 0 unspecified atom stereocenters. The standard InChI is InChI=1S/C9H11N5O4S3/c1-5-3-11-7(19-5)4-12-21(17,18)8-2-6(14(15)16)9(13-10)20-8/h2-3,12-13H,4,10H2,1H3. The molecule has 9 nitrogen and oxygen atoms in total. The number of nitrogens with zero attached hydrogens (tertiary/aromatic N) is 2. The Kier molecular flexibility index (Phi) is 4.53. The number of hydrazine groups is 1. The molecule has 114 valence electrons. The van der Waals surface area contributed by atoms with Crippen LogP contribution in [0.3, 0.4) is 0 Å². The highest BCUT2D eigenvalue weighted by atomic mass is 32.2. The van der Waals surface area contributed by atoms with Crippen LogP contribution >= 0.6 is 22.7 Å². The molecule has 0 spiro atoms. The van der Waals surface area contributed by atoms with E-state index in [0.29, 0.717) is 16.3 Å². The van der Waals surface area contributed by atoms with Gasteiger partial charge in [-0.15, -0.1) is 11.3 Å². The number of nitrogens with one attached hydrogen (secondary N) is 2. The molecule has 0 saturated carbocycles. The second-order valence-electron chi connectivity index (χ2n) is 3.87. The van der Waals surface area contributed by atoms with E-state index >= 15 is 0 Å². The number of thiophene rings is 1. The van der Waals surface area contributed by atoms with E-state index in [9.17, 15) is 18.5 Å².